The van der Waals surface area contributed by atoms with Gasteiger partial charge in [0, 0.05) is 36.0 Å². The minimum atomic E-state index is -1.13. The molecule has 1 amide bonds. The molecule has 0 bridgehead atoms. The fourth-order valence-corrected chi connectivity index (χ4v) is 4.60. The molecule has 0 aliphatic carbocycles. The highest BCUT2D eigenvalue weighted by Gasteiger charge is 2.50. The summed E-state index contributed by atoms with van der Waals surface area (Å²) < 4.78 is 12.8. The molecular formula is C30H34BrN3O4. The Labute approximate surface area is 232 Å². The Bertz CT molecular complexity index is 1200. The Morgan fingerprint density at radius 1 is 1.03 bits per heavy atom. The number of aliphatic imine (C=N–C) groups is 1. The molecule has 0 saturated heterocycles. The first-order valence-electron chi connectivity index (χ1n) is 12.9. The number of carbonyl (C=O) groups is 1. The van der Waals surface area contributed by atoms with Gasteiger partial charge in [-0.2, -0.15) is 0 Å². The molecule has 1 aliphatic rings. The Morgan fingerprint density at radius 2 is 1.76 bits per heavy atom. The Balaban J connectivity index is 1.47. The lowest BCUT2D eigenvalue weighted by atomic mass is 9.86. The third kappa shape index (κ3) is 7.22. The van der Waals surface area contributed by atoms with E-state index in [0.717, 1.165) is 28.4 Å². The molecule has 1 aliphatic heterocycles. The lowest BCUT2D eigenvalue weighted by Crippen LogP contribution is -2.56. The molecule has 0 spiro atoms. The lowest BCUT2D eigenvalue weighted by Gasteiger charge is -2.28. The van der Waals surface area contributed by atoms with E-state index in [1.807, 2.05) is 73.7 Å². The number of halogens is 1. The van der Waals surface area contributed by atoms with Crippen molar-refractivity contribution in [2.24, 2.45) is 4.99 Å². The van der Waals surface area contributed by atoms with Gasteiger partial charge in [-0.15, -0.1) is 0 Å². The third-order valence-electron chi connectivity index (χ3n) is 6.53. The second-order valence-corrected chi connectivity index (χ2v) is 10.2. The number of hydrogen-bond acceptors (Lipinski definition) is 6. The standard InChI is InChI=1S/C30H34BrN3O4/c1-22-30(21-24-10-14-26(31)15-11-24,29(36)34-32-18-5-9-23-7-3-2-4-8-23)33-28(38-22)25-12-16-27(17-13-25)37-20-6-19-35/h2-4,7-8,10-17,22,32,35H,5-6,9,18-21H2,1H3,(H,34,36)/t22-,30-/m0/s1. The average Bonchev–Trinajstić information content (AvgIpc) is 3.27. The summed E-state index contributed by atoms with van der Waals surface area (Å²) in [5.74, 6) is 0.898. The van der Waals surface area contributed by atoms with E-state index in [2.05, 4.69) is 38.9 Å². The van der Waals surface area contributed by atoms with Crippen molar-refractivity contribution in [1.29, 1.82) is 0 Å². The van der Waals surface area contributed by atoms with E-state index in [-0.39, 0.29) is 12.5 Å². The number of hydrogen-bond donors (Lipinski definition) is 3. The van der Waals surface area contributed by atoms with Gasteiger partial charge in [0.2, 0.25) is 5.90 Å². The number of rotatable bonds is 13. The van der Waals surface area contributed by atoms with Crippen LogP contribution in [0.3, 0.4) is 0 Å². The smallest absolute Gasteiger partial charge is 0.266 e. The molecule has 4 rings (SSSR count). The number of nitrogens with zero attached hydrogens (tertiary/aromatic N) is 1. The van der Waals surface area contributed by atoms with Crippen LogP contribution in [-0.2, 0) is 22.4 Å². The Hall–Kier alpha value is -3.20. The molecule has 0 radical (unpaired) electrons. The van der Waals surface area contributed by atoms with Crippen molar-refractivity contribution in [2.45, 2.75) is 44.2 Å². The fourth-order valence-electron chi connectivity index (χ4n) is 4.33. The summed E-state index contributed by atoms with van der Waals surface area (Å²) in [5, 5.41) is 8.95. The van der Waals surface area contributed by atoms with E-state index >= 15 is 0 Å². The second-order valence-electron chi connectivity index (χ2n) is 9.32. The summed E-state index contributed by atoms with van der Waals surface area (Å²) >= 11 is 3.48. The van der Waals surface area contributed by atoms with Gasteiger partial charge in [-0.25, -0.2) is 10.4 Å². The number of aryl methyl sites for hydroxylation is 1. The first-order valence-corrected chi connectivity index (χ1v) is 13.7. The number of aliphatic hydroxyl groups excluding tert-OH is 1. The van der Waals surface area contributed by atoms with Crippen LogP contribution >= 0.6 is 15.9 Å². The Morgan fingerprint density at radius 3 is 2.47 bits per heavy atom. The molecule has 1 heterocycles. The van der Waals surface area contributed by atoms with Gasteiger partial charge in [0.25, 0.3) is 5.91 Å². The van der Waals surface area contributed by atoms with Crippen LogP contribution in [0.5, 0.6) is 5.75 Å². The minimum absolute atomic E-state index is 0.0883. The van der Waals surface area contributed by atoms with Crippen molar-refractivity contribution in [2.75, 3.05) is 19.8 Å². The van der Waals surface area contributed by atoms with Gasteiger partial charge in [0.15, 0.2) is 5.54 Å². The molecule has 0 aromatic heterocycles. The monoisotopic (exact) mass is 579 g/mol. The largest absolute Gasteiger partial charge is 0.494 e. The normalized spacial score (nSPS) is 18.5. The van der Waals surface area contributed by atoms with E-state index < -0.39 is 11.6 Å². The van der Waals surface area contributed by atoms with Gasteiger partial charge in [-0.3, -0.25) is 10.2 Å². The molecule has 3 aromatic rings. The highest BCUT2D eigenvalue weighted by Crippen LogP contribution is 2.33. The molecule has 7 nitrogen and oxygen atoms in total. The number of carbonyl (C=O) groups excluding carboxylic acids is 1. The summed E-state index contributed by atoms with van der Waals surface area (Å²) in [5.41, 5.74) is 7.88. The maximum atomic E-state index is 13.6. The molecule has 200 valence electrons. The highest BCUT2D eigenvalue weighted by molar-refractivity contribution is 9.10. The lowest BCUT2D eigenvalue weighted by molar-refractivity contribution is -0.129. The van der Waals surface area contributed by atoms with Crippen molar-refractivity contribution in [3.05, 3.63) is 100 Å². The molecule has 2 atom stereocenters. The molecule has 8 heteroatoms. The summed E-state index contributed by atoms with van der Waals surface area (Å²) in [6.45, 7) is 3.05. The Kier molecular flexibility index (Phi) is 9.92. The second kappa shape index (κ2) is 13.6. The highest BCUT2D eigenvalue weighted by atomic mass is 79.9. The molecule has 3 N–H and O–H groups in total. The zero-order valence-electron chi connectivity index (χ0n) is 21.5. The van der Waals surface area contributed by atoms with Crippen molar-refractivity contribution in [3.63, 3.8) is 0 Å². The van der Waals surface area contributed by atoms with Crippen LogP contribution < -0.4 is 15.6 Å². The average molecular weight is 581 g/mol. The maximum absolute atomic E-state index is 13.6. The van der Waals surface area contributed by atoms with Crippen molar-refractivity contribution >= 4 is 27.7 Å². The number of aliphatic hydroxyl groups is 1. The molecule has 0 unspecified atom stereocenters. The molecule has 0 saturated carbocycles. The summed E-state index contributed by atoms with van der Waals surface area (Å²) in [4.78, 5) is 18.5. The van der Waals surface area contributed by atoms with Gasteiger partial charge in [-0.05, 0) is 67.3 Å². The van der Waals surface area contributed by atoms with Crippen LogP contribution in [0.1, 0.15) is 36.5 Å². The van der Waals surface area contributed by atoms with Gasteiger partial charge >= 0.3 is 0 Å². The van der Waals surface area contributed by atoms with E-state index in [1.165, 1.54) is 5.56 Å². The predicted octanol–water partition coefficient (Wildman–Crippen LogP) is 4.61. The van der Waals surface area contributed by atoms with Gasteiger partial charge in [-0.1, -0.05) is 58.4 Å². The molecular weight excluding hydrogens is 546 g/mol. The predicted molar refractivity (Wildman–Crippen MR) is 152 cm³/mol. The zero-order valence-corrected chi connectivity index (χ0v) is 23.1. The zero-order chi connectivity index (χ0) is 26.8. The van der Waals surface area contributed by atoms with Crippen molar-refractivity contribution in [1.82, 2.24) is 10.9 Å². The third-order valence-corrected chi connectivity index (χ3v) is 7.06. The van der Waals surface area contributed by atoms with E-state index in [4.69, 9.17) is 19.6 Å². The van der Waals surface area contributed by atoms with Crippen LogP contribution in [0.4, 0.5) is 0 Å². The van der Waals surface area contributed by atoms with Gasteiger partial charge in [0.05, 0.1) is 6.61 Å². The molecule has 0 fully saturated rings. The number of hydrazine groups is 1. The maximum Gasteiger partial charge on any atom is 0.266 e. The van der Waals surface area contributed by atoms with Crippen LogP contribution in [0.15, 0.2) is 88.3 Å². The first-order chi connectivity index (χ1) is 18.5. The van der Waals surface area contributed by atoms with Crippen molar-refractivity contribution in [3.8, 4) is 5.75 Å². The summed E-state index contributed by atoms with van der Waals surface area (Å²) in [6, 6.07) is 25.6. The number of nitrogens with one attached hydrogen (secondary N) is 2. The van der Waals surface area contributed by atoms with E-state index in [0.29, 0.717) is 37.6 Å². The van der Waals surface area contributed by atoms with E-state index in [9.17, 15) is 4.79 Å². The van der Waals surface area contributed by atoms with E-state index in [1.54, 1.807) is 0 Å². The SMILES string of the molecule is C[C@@H]1OC(c2ccc(OCCCO)cc2)=N[C@]1(Cc1ccc(Br)cc1)C(=O)NNCCCc1ccccc1. The topological polar surface area (TPSA) is 92.2 Å². The van der Waals surface area contributed by atoms with Crippen LogP contribution in [0.2, 0.25) is 0 Å². The molecule has 38 heavy (non-hydrogen) atoms. The summed E-state index contributed by atoms with van der Waals surface area (Å²) in [6.07, 6.45) is 2.30. The van der Waals surface area contributed by atoms with Crippen LogP contribution in [0.25, 0.3) is 0 Å². The number of benzene rings is 3. The van der Waals surface area contributed by atoms with Crippen LogP contribution in [-0.4, -0.2) is 48.3 Å². The fraction of sp³-hybridized carbons (Fsp3) is 0.333. The minimum Gasteiger partial charge on any atom is -0.494 e. The number of ether oxygens (including phenoxy) is 2. The first kappa shape index (κ1) is 27.8. The van der Waals surface area contributed by atoms with Crippen LogP contribution in [0, 0.1) is 0 Å². The molecule has 3 aromatic carbocycles. The number of amides is 1. The van der Waals surface area contributed by atoms with Gasteiger partial charge < -0.3 is 14.6 Å². The van der Waals surface area contributed by atoms with Crippen molar-refractivity contribution < 1.29 is 19.4 Å². The quantitative estimate of drug-likeness (QED) is 0.203. The summed E-state index contributed by atoms with van der Waals surface area (Å²) in [7, 11) is 0. The van der Waals surface area contributed by atoms with Gasteiger partial charge in [0.1, 0.15) is 11.9 Å².